The van der Waals surface area contributed by atoms with Crippen molar-refractivity contribution in [3.63, 3.8) is 0 Å². The first kappa shape index (κ1) is 20.9. The molecular weight excluding hydrogens is 266 g/mol. The molecule has 0 aliphatic carbocycles. The molecule has 126 valence electrons. The highest BCUT2D eigenvalue weighted by molar-refractivity contribution is 5.57. The summed E-state index contributed by atoms with van der Waals surface area (Å²) >= 11 is 0. The Hall–Kier alpha value is -1.08. The largest absolute Gasteiger partial charge is 0.327 e. The fourth-order valence-electron chi connectivity index (χ4n) is 2.30. The summed E-state index contributed by atoms with van der Waals surface area (Å²) in [5.74, 6) is 0.539. The highest BCUT2D eigenvalue weighted by Gasteiger charge is 2.13. The quantitative estimate of drug-likeness (QED) is 0.691. The van der Waals surface area contributed by atoms with Crippen LogP contribution in [0, 0.1) is 5.41 Å². The van der Waals surface area contributed by atoms with Crippen molar-refractivity contribution in [1.82, 2.24) is 0 Å². The minimum absolute atomic E-state index is 0.206. The molecule has 1 nitrogen and oxygen atoms in total. The molecule has 0 aliphatic rings. The van der Waals surface area contributed by atoms with Crippen molar-refractivity contribution >= 4 is 6.08 Å². The van der Waals surface area contributed by atoms with E-state index >= 15 is 0 Å². The first-order valence-corrected chi connectivity index (χ1v) is 8.81. The zero-order valence-corrected chi connectivity index (χ0v) is 16.0. The number of nitrogens with two attached hydrogens (primary N) is 1. The first-order valence-electron chi connectivity index (χ1n) is 8.81. The summed E-state index contributed by atoms with van der Waals surface area (Å²) in [7, 11) is 0. The van der Waals surface area contributed by atoms with E-state index < -0.39 is 0 Å². The van der Waals surface area contributed by atoms with Crippen LogP contribution in [0.1, 0.15) is 84.4 Å². The lowest BCUT2D eigenvalue weighted by molar-refractivity contribution is 0.547. The molecule has 0 fully saturated rings. The Labute approximate surface area is 139 Å². The average Bonchev–Trinajstić information content (AvgIpc) is 2.46. The molecule has 22 heavy (non-hydrogen) atoms. The van der Waals surface area contributed by atoms with E-state index in [9.17, 15) is 0 Å². The average molecular weight is 304 g/mol. The van der Waals surface area contributed by atoms with Gasteiger partial charge in [0.15, 0.2) is 0 Å². The lowest BCUT2D eigenvalue weighted by Gasteiger charge is -2.19. The van der Waals surface area contributed by atoms with Gasteiger partial charge in [0.25, 0.3) is 0 Å². The van der Waals surface area contributed by atoms with Crippen molar-refractivity contribution < 1.29 is 0 Å². The fraction of sp³-hybridized carbons (Fsp3) is 0.619. The number of rotatable bonds is 5. The van der Waals surface area contributed by atoms with Crippen LogP contribution in [0.3, 0.4) is 0 Å². The third-order valence-electron chi connectivity index (χ3n) is 3.62. The van der Waals surface area contributed by atoms with Gasteiger partial charge in [-0.05, 0) is 40.9 Å². The Morgan fingerprint density at radius 1 is 1.14 bits per heavy atom. The topological polar surface area (TPSA) is 26.0 Å². The maximum Gasteiger partial charge on any atom is 0.00770 e. The van der Waals surface area contributed by atoms with E-state index in [1.165, 1.54) is 16.7 Å². The molecule has 1 atom stereocenters. The third kappa shape index (κ3) is 7.26. The van der Waals surface area contributed by atoms with Crippen molar-refractivity contribution in [2.75, 3.05) is 0 Å². The maximum atomic E-state index is 6.20. The second-order valence-electron chi connectivity index (χ2n) is 7.14. The lowest BCUT2D eigenvalue weighted by Crippen LogP contribution is -2.22. The van der Waals surface area contributed by atoms with Gasteiger partial charge in [0.2, 0.25) is 0 Å². The van der Waals surface area contributed by atoms with E-state index in [-0.39, 0.29) is 11.5 Å². The van der Waals surface area contributed by atoms with Crippen LogP contribution < -0.4 is 5.73 Å². The second kappa shape index (κ2) is 9.84. The van der Waals surface area contributed by atoms with Crippen molar-refractivity contribution in [3.05, 3.63) is 41.0 Å². The van der Waals surface area contributed by atoms with Gasteiger partial charge in [0.1, 0.15) is 0 Å². The van der Waals surface area contributed by atoms with Crippen LogP contribution in [0.5, 0.6) is 0 Å². The maximum absolute atomic E-state index is 6.20. The van der Waals surface area contributed by atoms with Crippen LogP contribution in [-0.2, 0) is 6.42 Å². The molecule has 0 saturated heterocycles. The fourth-order valence-corrected chi connectivity index (χ4v) is 2.30. The molecule has 0 aromatic heterocycles. The Morgan fingerprint density at radius 3 is 2.18 bits per heavy atom. The van der Waals surface area contributed by atoms with E-state index in [0.29, 0.717) is 5.92 Å². The van der Waals surface area contributed by atoms with Gasteiger partial charge in [-0.3, -0.25) is 0 Å². The SMILES string of the molecule is CC.CC[C@H](N)Cc1c(/C=C/C(C)(C)C)cccc1C(C)C. The summed E-state index contributed by atoms with van der Waals surface area (Å²) in [6.07, 6.45) is 6.54. The van der Waals surface area contributed by atoms with E-state index in [1.807, 2.05) is 13.8 Å². The summed E-state index contributed by atoms with van der Waals surface area (Å²) < 4.78 is 0. The van der Waals surface area contributed by atoms with Crippen molar-refractivity contribution in [3.8, 4) is 0 Å². The molecule has 0 saturated carbocycles. The number of benzene rings is 1. The Morgan fingerprint density at radius 2 is 1.73 bits per heavy atom. The van der Waals surface area contributed by atoms with Crippen LogP contribution in [0.2, 0.25) is 0 Å². The Balaban J connectivity index is 0.00000211. The molecule has 0 heterocycles. The first-order chi connectivity index (χ1) is 10.2. The molecule has 0 aliphatic heterocycles. The normalized spacial score (nSPS) is 13.2. The minimum atomic E-state index is 0.206. The Bertz CT molecular complexity index is 449. The molecule has 1 rings (SSSR count). The molecule has 0 radical (unpaired) electrons. The summed E-state index contributed by atoms with van der Waals surface area (Å²) in [4.78, 5) is 0. The van der Waals surface area contributed by atoms with Crippen LogP contribution in [0.25, 0.3) is 6.08 Å². The highest BCUT2D eigenvalue weighted by Crippen LogP contribution is 2.26. The Kier molecular flexibility index (Phi) is 9.36. The van der Waals surface area contributed by atoms with Crippen LogP contribution in [-0.4, -0.2) is 6.04 Å². The van der Waals surface area contributed by atoms with Gasteiger partial charge in [0.05, 0.1) is 0 Å². The van der Waals surface area contributed by atoms with E-state index in [4.69, 9.17) is 5.73 Å². The van der Waals surface area contributed by atoms with E-state index in [2.05, 4.69) is 71.9 Å². The number of allylic oxidation sites excluding steroid dienone is 1. The molecular formula is C21H37N. The van der Waals surface area contributed by atoms with Crippen LogP contribution in [0.15, 0.2) is 24.3 Å². The second-order valence-corrected chi connectivity index (χ2v) is 7.14. The van der Waals surface area contributed by atoms with Gasteiger partial charge in [-0.15, -0.1) is 0 Å². The summed E-state index contributed by atoms with van der Waals surface area (Å²) in [6.45, 7) is 17.4. The minimum Gasteiger partial charge on any atom is -0.327 e. The van der Waals surface area contributed by atoms with E-state index in [1.54, 1.807) is 0 Å². The van der Waals surface area contributed by atoms with Gasteiger partial charge in [-0.25, -0.2) is 0 Å². The molecule has 2 N–H and O–H groups in total. The molecule has 0 amide bonds. The molecule has 0 spiro atoms. The monoisotopic (exact) mass is 303 g/mol. The van der Waals surface area contributed by atoms with Crippen LogP contribution in [0.4, 0.5) is 0 Å². The standard InChI is InChI=1S/C19H31N.C2H6/c1-7-16(20)13-18-15(11-12-19(4,5)6)9-8-10-17(18)14(2)3;1-2/h8-12,14,16H,7,13,20H2,1-6H3;1-2H3/b12-11+;/t16-;/m0./s1. The predicted molar refractivity (Wildman–Crippen MR) is 102 cm³/mol. The lowest BCUT2D eigenvalue weighted by atomic mass is 9.87. The zero-order chi connectivity index (χ0) is 17.3. The van der Waals surface area contributed by atoms with Gasteiger partial charge in [-0.1, -0.05) is 85.7 Å². The molecule has 0 bridgehead atoms. The van der Waals surface area contributed by atoms with Crippen molar-refractivity contribution in [1.29, 1.82) is 0 Å². The molecule has 0 unspecified atom stereocenters. The van der Waals surface area contributed by atoms with E-state index in [0.717, 1.165) is 12.8 Å². The smallest absolute Gasteiger partial charge is 0.00770 e. The highest BCUT2D eigenvalue weighted by atomic mass is 14.6. The van der Waals surface area contributed by atoms with Gasteiger partial charge in [0, 0.05) is 6.04 Å². The molecule has 1 aromatic rings. The predicted octanol–water partition coefficient (Wildman–Crippen LogP) is 6.18. The molecule has 1 aromatic carbocycles. The van der Waals surface area contributed by atoms with Gasteiger partial charge >= 0.3 is 0 Å². The van der Waals surface area contributed by atoms with Crippen molar-refractivity contribution in [2.24, 2.45) is 11.1 Å². The van der Waals surface area contributed by atoms with Crippen molar-refractivity contribution in [2.45, 2.75) is 80.2 Å². The zero-order valence-electron chi connectivity index (χ0n) is 16.0. The van der Waals surface area contributed by atoms with Crippen LogP contribution >= 0.6 is 0 Å². The van der Waals surface area contributed by atoms with Gasteiger partial charge < -0.3 is 5.73 Å². The number of hydrogen-bond donors (Lipinski definition) is 1. The molecule has 1 heteroatoms. The summed E-state index contributed by atoms with van der Waals surface area (Å²) in [5.41, 5.74) is 10.6. The number of hydrogen-bond acceptors (Lipinski definition) is 1. The van der Waals surface area contributed by atoms with Gasteiger partial charge in [-0.2, -0.15) is 0 Å². The summed E-state index contributed by atoms with van der Waals surface area (Å²) in [5, 5.41) is 0. The summed E-state index contributed by atoms with van der Waals surface area (Å²) in [6, 6.07) is 6.87. The third-order valence-corrected chi connectivity index (χ3v) is 3.62.